The number of fused-ring (bicyclic) bond motifs is 6. The minimum atomic E-state index is 0.304. The fourth-order valence-electron chi connectivity index (χ4n) is 6.18. The highest BCUT2D eigenvalue weighted by Crippen LogP contribution is 2.52. The van der Waals surface area contributed by atoms with Crippen molar-refractivity contribution in [1.29, 1.82) is 10.7 Å². The van der Waals surface area contributed by atoms with Crippen LogP contribution >= 0.6 is 11.7 Å². The summed E-state index contributed by atoms with van der Waals surface area (Å²) >= 11 is 1.07. The Morgan fingerprint density at radius 3 is 2.22 bits per heavy atom. The Morgan fingerprint density at radius 1 is 0.717 bits per heavy atom. The number of hydrogen-bond donors (Lipinski definition) is 1. The summed E-state index contributed by atoms with van der Waals surface area (Å²) in [6.07, 6.45) is 2.09. The molecule has 9 nitrogen and oxygen atoms in total. The van der Waals surface area contributed by atoms with Gasteiger partial charge in [0.2, 0.25) is 0 Å². The third-order valence-corrected chi connectivity index (χ3v) is 8.80. The molecule has 1 aliphatic heterocycles. The number of rotatable bonds is 3. The minimum absolute atomic E-state index is 0.304. The first-order chi connectivity index (χ1) is 22.7. The Balaban J connectivity index is 1.31. The Labute approximate surface area is 266 Å². The molecule has 1 N–H and O–H groups in total. The summed E-state index contributed by atoms with van der Waals surface area (Å²) < 4.78 is 15.2. The van der Waals surface area contributed by atoms with Crippen LogP contribution in [0.1, 0.15) is 17.0 Å². The first kappa shape index (κ1) is 26.1. The molecule has 0 atom stereocenters. The molecule has 0 spiro atoms. The summed E-state index contributed by atoms with van der Waals surface area (Å²) in [5, 5.41) is 18.9. The Hall–Kier alpha value is -6.31. The summed E-state index contributed by atoms with van der Waals surface area (Å²) in [6, 6.07) is 33.6. The fraction of sp³-hybridized carbons (Fsp3) is 0.0278. The predicted molar refractivity (Wildman–Crippen MR) is 177 cm³/mol. The second-order valence-electron chi connectivity index (χ2n) is 10.9. The lowest BCUT2D eigenvalue weighted by molar-refractivity contribution is 0.477. The van der Waals surface area contributed by atoms with Crippen LogP contribution in [0, 0.1) is 16.7 Å². The number of pyridine rings is 1. The number of benzene rings is 4. The maximum absolute atomic E-state index is 9.43. The zero-order chi connectivity index (χ0) is 30.8. The van der Waals surface area contributed by atoms with Gasteiger partial charge in [0.15, 0.2) is 11.5 Å². The van der Waals surface area contributed by atoms with Gasteiger partial charge in [0, 0.05) is 29.1 Å². The zero-order valence-electron chi connectivity index (χ0n) is 24.0. The Bertz CT molecular complexity index is 2380. The van der Waals surface area contributed by atoms with E-state index in [1.165, 1.54) is 0 Å². The molecule has 0 saturated heterocycles. The van der Waals surface area contributed by atoms with Crippen LogP contribution in [0.15, 0.2) is 103 Å². The average molecular weight is 613 g/mol. The van der Waals surface area contributed by atoms with E-state index in [9.17, 15) is 5.26 Å². The standard InChI is InChI=1S/C36H20N8OS/c37-19-20-11-13-21(14-12-20)31-33(41-35-25(40-31)18-24(38)34-36(35)43-46-42-34)23-15-16-26(22-6-5-17-39-32(22)23)44-27-7-1-3-9-29(27)45-30-10-4-2-8-28(30)44/h1-17,38H,18H2. The van der Waals surface area contributed by atoms with Gasteiger partial charge >= 0.3 is 0 Å². The van der Waals surface area contributed by atoms with E-state index in [-0.39, 0.29) is 0 Å². The number of nitriles is 1. The lowest BCUT2D eigenvalue weighted by atomic mass is 9.95. The largest absolute Gasteiger partial charge is 0.453 e. The highest BCUT2D eigenvalue weighted by molar-refractivity contribution is 6.99. The van der Waals surface area contributed by atoms with Crippen LogP contribution in [-0.4, -0.2) is 29.4 Å². The van der Waals surface area contributed by atoms with Gasteiger partial charge in [0.25, 0.3) is 0 Å². The van der Waals surface area contributed by atoms with Crippen molar-refractivity contribution in [3.63, 3.8) is 0 Å². The van der Waals surface area contributed by atoms with Gasteiger partial charge in [0.1, 0.15) is 17.1 Å². The molecule has 0 unspecified atom stereocenters. The van der Waals surface area contributed by atoms with E-state index in [2.05, 4.69) is 44.0 Å². The lowest BCUT2D eigenvalue weighted by Gasteiger charge is -2.33. The lowest BCUT2D eigenvalue weighted by Crippen LogP contribution is -2.17. The number of nitrogens with zero attached hydrogens (tertiary/aromatic N) is 7. The molecular weight excluding hydrogens is 593 g/mol. The van der Waals surface area contributed by atoms with Crippen LogP contribution in [0.4, 0.5) is 17.1 Å². The van der Waals surface area contributed by atoms with Gasteiger partial charge < -0.3 is 15.0 Å². The van der Waals surface area contributed by atoms with Gasteiger partial charge in [-0.25, -0.2) is 9.97 Å². The molecule has 2 aliphatic rings. The van der Waals surface area contributed by atoms with Crippen LogP contribution in [0.5, 0.6) is 11.5 Å². The van der Waals surface area contributed by atoms with Crippen LogP contribution in [0.2, 0.25) is 0 Å². The molecule has 0 radical (unpaired) electrons. The molecule has 0 fully saturated rings. The van der Waals surface area contributed by atoms with E-state index < -0.39 is 0 Å². The Kier molecular flexibility index (Phi) is 5.75. The summed E-state index contributed by atoms with van der Waals surface area (Å²) in [6.45, 7) is 0. The fourth-order valence-corrected chi connectivity index (χ4v) is 6.75. The predicted octanol–water partition coefficient (Wildman–Crippen LogP) is 8.25. The third-order valence-electron chi connectivity index (χ3n) is 8.27. The van der Waals surface area contributed by atoms with E-state index in [1.54, 1.807) is 18.3 Å². The first-order valence-electron chi connectivity index (χ1n) is 14.5. The van der Waals surface area contributed by atoms with Crippen molar-refractivity contribution >= 4 is 45.4 Å². The highest BCUT2D eigenvalue weighted by Gasteiger charge is 2.31. The summed E-state index contributed by atoms with van der Waals surface area (Å²) in [4.78, 5) is 17.5. The highest BCUT2D eigenvalue weighted by atomic mass is 32.1. The number of para-hydroxylation sites is 4. The van der Waals surface area contributed by atoms with Crippen LogP contribution in [0.3, 0.4) is 0 Å². The minimum Gasteiger partial charge on any atom is -0.453 e. The topological polar surface area (TPSA) is 125 Å². The molecule has 1 aliphatic carbocycles. The monoisotopic (exact) mass is 612 g/mol. The maximum Gasteiger partial charge on any atom is 0.151 e. The molecule has 10 heteroatoms. The number of hydrogen-bond acceptors (Lipinski definition) is 10. The van der Waals surface area contributed by atoms with E-state index in [1.807, 2.05) is 60.7 Å². The summed E-state index contributed by atoms with van der Waals surface area (Å²) in [5.41, 5.74) is 9.78. The molecule has 9 rings (SSSR count). The van der Waals surface area contributed by atoms with Crippen molar-refractivity contribution in [3.05, 3.63) is 120 Å². The Morgan fingerprint density at radius 2 is 1.46 bits per heavy atom. The van der Waals surface area contributed by atoms with Crippen molar-refractivity contribution in [3.8, 4) is 51.5 Å². The molecule has 0 bridgehead atoms. The van der Waals surface area contributed by atoms with Crippen molar-refractivity contribution < 1.29 is 4.74 Å². The number of anilines is 3. The molecule has 216 valence electrons. The quantitative estimate of drug-likeness (QED) is 0.211. The van der Waals surface area contributed by atoms with E-state index in [4.69, 9.17) is 25.1 Å². The van der Waals surface area contributed by atoms with Crippen molar-refractivity contribution in [2.45, 2.75) is 6.42 Å². The normalized spacial score (nSPS) is 12.8. The maximum atomic E-state index is 9.43. The third kappa shape index (κ3) is 3.93. The van der Waals surface area contributed by atoms with Gasteiger partial charge in [-0.2, -0.15) is 14.0 Å². The average Bonchev–Trinajstić information content (AvgIpc) is 3.61. The van der Waals surface area contributed by atoms with Gasteiger partial charge in [-0.3, -0.25) is 4.98 Å². The molecule has 0 amide bonds. The SMILES string of the molecule is N#Cc1ccc(-c2nc3c(nc2-c2ccc(N4c5ccccc5Oc5ccccc54)c4cccnc24)-c2nsnc2C(=N)C3)cc1. The second kappa shape index (κ2) is 10.1. The van der Waals surface area contributed by atoms with Gasteiger partial charge in [0.05, 0.1) is 68.7 Å². The smallest absolute Gasteiger partial charge is 0.151 e. The van der Waals surface area contributed by atoms with Crippen LogP contribution in [-0.2, 0) is 6.42 Å². The van der Waals surface area contributed by atoms with Crippen molar-refractivity contribution in [1.82, 2.24) is 23.7 Å². The number of ether oxygens (including phenoxy) is 1. The summed E-state index contributed by atoms with van der Waals surface area (Å²) in [5.74, 6) is 1.54. The van der Waals surface area contributed by atoms with Gasteiger partial charge in [-0.15, -0.1) is 0 Å². The first-order valence-corrected chi connectivity index (χ1v) is 15.3. The van der Waals surface area contributed by atoms with E-state index in [0.717, 1.165) is 62.3 Å². The number of aromatic nitrogens is 5. The van der Waals surface area contributed by atoms with Gasteiger partial charge in [-0.1, -0.05) is 36.4 Å². The molecule has 4 aromatic carbocycles. The van der Waals surface area contributed by atoms with Crippen LogP contribution in [0.25, 0.3) is 44.8 Å². The van der Waals surface area contributed by atoms with Crippen molar-refractivity contribution in [2.24, 2.45) is 0 Å². The molecular formula is C36H20N8OS. The molecule has 3 aromatic heterocycles. The molecule has 0 saturated carbocycles. The molecule has 46 heavy (non-hydrogen) atoms. The van der Waals surface area contributed by atoms with Crippen LogP contribution < -0.4 is 9.64 Å². The number of nitrogens with one attached hydrogen (secondary N) is 1. The molecule has 4 heterocycles. The van der Waals surface area contributed by atoms with E-state index >= 15 is 0 Å². The second-order valence-corrected chi connectivity index (χ2v) is 11.5. The zero-order valence-corrected chi connectivity index (χ0v) is 24.8. The van der Waals surface area contributed by atoms with Crippen molar-refractivity contribution in [2.75, 3.05) is 4.90 Å². The summed E-state index contributed by atoms with van der Waals surface area (Å²) in [7, 11) is 0. The van der Waals surface area contributed by atoms with Gasteiger partial charge in [-0.05, 0) is 60.7 Å². The van der Waals surface area contributed by atoms with E-state index in [0.29, 0.717) is 51.9 Å². The molecule has 7 aromatic rings.